The molecule has 0 spiro atoms. The van der Waals surface area contributed by atoms with Crippen molar-refractivity contribution in [3.8, 4) is 0 Å². The van der Waals surface area contributed by atoms with Gasteiger partial charge in [0.1, 0.15) is 0 Å². The summed E-state index contributed by atoms with van der Waals surface area (Å²) in [4.78, 5) is 12.3. The highest BCUT2D eigenvalue weighted by Crippen LogP contribution is 2.29. The summed E-state index contributed by atoms with van der Waals surface area (Å²) in [7, 11) is -2.45. The summed E-state index contributed by atoms with van der Waals surface area (Å²) in [6.07, 6.45) is 2.26. The second-order valence-corrected chi connectivity index (χ2v) is 9.79. The van der Waals surface area contributed by atoms with Gasteiger partial charge in [0.25, 0.3) is 15.9 Å². The number of nitrogens with zero attached hydrogens (tertiary/aromatic N) is 3. The van der Waals surface area contributed by atoms with Crippen molar-refractivity contribution in [2.24, 2.45) is 0 Å². The molecular formula is C17H22N4O4S2. The summed E-state index contributed by atoms with van der Waals surface area (Å²) in [6, 6.07) is 6.57. The summed E-state index contributed by atoms with van der Waals surface area (Å²) < 4.78 is 26.6. The molecule has 0 unspecified atom stereocenters. The topological polar surface area (TPSA) is 112 Å². The zero-order chi connectivity index (χ0) is 19.6. The maximum Gasteiger partial charge on any atom is 0.272 e. The fraction of sp³-hybridized carbons (Fsp3) is 0.471. The number of aliphatic hydroxyl groups is 1. The van der Waals surface area contributed by atoms with Gasteiger partial charge in [0, 0.05) is 12.6 Å². The average molecular weight is 411 g/mol. The number of carbonyl (C=O) groups is 1. The zero-order valence-corrected chi connectivity index (χ0v) is 16.8. The molecule has 10 heteroatoms. The number of amides is 1. The van der Waals surface area contributed by atoms with Crippen molar-refractivity contribution in [2.45, 2.75) is 49.1 Å². The highest BCUT2D eigenvalue weighted by molar-refractivity contribution is 7.91. The lowest BCUT2D eigenvalue weighted by Gasteiger charge is -2.33. The summed E-state index contributed by atoms with van der Waals surface area (Å²) in [5, 5.41) is 20.3. The average Bonchev–Trinajstić information content (AvgIpc) is 3.11. The van der Waals surface area contributed by atoms with Gasteiger partial charge in [0.05, 0.1) is 12.1 Å². The molecule has 1 fully saturated rings. The molecule has 1 amide bonds. The lowest BCUT2D eigenvalue weighted by atomic mass is 9.93. The Hall–Kier alpha value is -1.88. The quantitative estimate of drug-likeness (QED) is 0.729. The molecule has 0 bridgehead atoms. The van der Waals surface area contributed by atoms with E-state index < -0.39 is 22.2 Å². The Morgan fingerprint density at radius 2 is 2.04 bits per heavy atom. The summed E-state index contributed by atoms with van der Waals surface area (Å²) in [5.41, 5.74) is 1.40. The lowest BCUT2D eigenvalue weighted by Crippen LogP contribution is -2.46. The number of likely N-dealkylation sites (N-methyl/N-ethyl adjacent to an activating group) is 1. The van der Waals surface area contributed by atoms with Crippen LogP contribution in [0.15, 0.2) is 28.6 Å². The minimum Gasteiger partial charge on any atom is -0.391 e. The normalized spacial score (nSPS) is 20.6. The van der Waals surface area contributed by atoms with Crippen molar-refractivity contribution in [2.75, 3.05) is 12.4 Å². The molecule has 0 aliphatic heterocycles. The van der Waals surface area contributed by atoms with Gasteiger partial charge in [-0.2, -0.15) is 4.31 Å². The standard InChI is InChI=1S/C17H22N4O4S2/c1-11-6-5-7-12(10-11)15(23)18-16-19-20-17(26-16)27(24,25)21(2)13-8-3-4-9-14(13)22/h5-7,10,13-14,22H,3-4,8-9H2,1-2H3,(H,18,19,23)/t13-,14-/m1/s1. The molecule has 1 aromatic carbocycles. The first kappa shape index (κ1) is 19.9. The number of aryl methyl sites for hydroxylation is 1. The fourth-order valence-corrected chi connectivity index (χ4v) is 5.61. The largest absolute Gasteiger partial charge is 0.391 e. The number of aliphatic hydroxyl groups excluding tert-OH is 1. The smallest absolute Gasteiger partial charge is 0.272 e. The van der Waals surface area contributed by atoms with E-state index in [1.165, 1.54) is 11.4 Å². The number of carbonyl (C=O) groups excluding carboxylic acids is 1. The number of aromatic nitrogens is 2. The second kappa shape index (κ2) is 8.01. The first-order valence-electron chi connectivity index (χ1n) is 8.66. The van der Waals surface area contributed by atoms with Gasteiger partial charge in [-0.25, -0.2) is 8.42 Å². The van der Waals surface area contributed by atoms with Crippen LogP contribution >= 0.6 is 11.3 Å². The third-order valence-corrected chi connectivity index (χ3v) is 7.74. The van der Waals surface area contributed by atoms with E-state index in [0.717, 1.165) is 29.7 Å². The monoisotopic (exact) mass is 410 g/mol. The van der Waals surface area contributed by atoms with Gasteiger partial charge < -0.3 is 5.11 Å². The maximum atomic E-state index is 12.8. The Kier molecular flexibility index (Phi) is 5.89. The molecule has 146 valence electrons. The van der Waals surface area contributed by atoms with E-state index in [0.29, 0.717) is 18.4 Å². The van der Waals surface area contributed by atoms with Crippen LogP contribution in [0.3, 0.4) is 0 Å². The predicted molar refractivity (Wildman–Crippen MR) is 102 cm³/mol. The molecule has 1 aliphatic rings. The summed E-state index contributed by atoms with van der Waals surface area (Å²) in [5.74, 6) is -0.380. The summed E-state index contributed by atoms with van der Waals surface area (Å²) >= 11 is 0.795. The Morgan fingerprint density at radius 1 is 1.30 bits per heavy atom. The van der Waals surface area contributed by atoms with Gasteiger partial charge >= 0.3 is 0 Å². The molecule has 27 heavy (non-hydrogen) atoms. The minimum atomic E-state index is -3.89. The van der Waals surface area contributed by atoms with Crippen molar-refractivity contribution < 1.29 is 18.3 Å². The Morgan fingerprint density at radius 3 is 2.74 bits per heavy atom. The molecular weight excluding hydrogens is 388 g/mol. The third kappa shape index (κ3) is 4.34. The molecule has 8 nitrogen and oxygen atoms in total. The molecule has 3 rings (SSSR count). The number of rotatable bonds is 5. The van der Waals surface area contributed by atoms with Crippen LogP contribution in [0.5, 0.6) is 0 Å². The van der Waals surface area contributed by atoms with Crippen molar-refractivity contribution in [3.05, 3.63) is 35.4 Å². The number of nitrogens with one attached hydrogen (secondary N) is 1. The number of anilines is 1. The second-order valence-electron chi connectivity index (χ2n) is 6.64. The van der Waals surface area contributed by atoms with E-state index in [4.69, 9.17) is 0 Å². The third-order valence-electron chi connectivity index (χ3n) is 4.67. The van der Waals surface area contributed by atoms with E-state index >= 15 is 0 Å². The van der Waals surface area contributed by atoms with Crippen molar-refractivity contribution in [1.82, 2.24) is 14.5 Å². The van der Waals surface area contributed by atoms with Crippen LogP contribution in [-0.2, 0) is 10.0 Å². The molecule has 1 aliphatic carbocycles. The predicted octanol–water partition coefficient (Wildman–Crippen LogP) is 2.02. The number of hydrogen-bond donors (Lipinski definition) is 2. The lowest BCUT2D eigenvalue weighted by molar-refractivity contribution is 0.0638. The summed E-state index contributed by atoms with van der Waals surface area (Å²) in [6.45, 7) is 1.88. The number of sulfonamides is 1. The Bertz CT molecular complexity index is 929. The fourth-order valence-electron chi connectivity index (χ4n) is 3.14. The first-order chi connectivity index (χ1) is 12.8. The highest BCUT2D eigenvalue weighted by Gasteiger charge is 2.36. The Balaban J connectivity index is 1.75. The van der Waals surface area contributed by atoms with Crippen molar-refractivity contribution >= 4 is 32.4 Å². The van der Waals surface area contributed by atoms with Crippen LogP contribution in [0.2, 0.25) is 0 Å². The molecule has 1 saturated carbocycles. The van der Waals surface area contributed by atoms with Gasteiger partial charge in [-0.3, -0.25) is 10.1 Å². The van der Waals surface area contributed by atoms with Crippen LogP contribution in [0.4, 0.5) is 5.13 Å². The molecule has 2 atom stereocenters. The molecule has 1 aromatic heterocycles. The van der Waals surface area contributed by atoms with Gasteiger partial charge in [0.2, 0.25) is 9.47 Å². The molecule has 0 saturated heterocycles. The molecule has 1 heterocycles. The van der Waals surface area contributed by atoms with Gasteiger partial charge in [0.15, 0.2) is 0 Å². The molecule has 2 N–H and O–H groups in total. The molecule has 2 aromatic rings. The molecule has 0 radical (unpaired) electrons. The zero-order valence-electron chi connectivity index (χ0n) is 15.1. The van der Waals surface area contributed by atoms with Gasteiger partial charge in [-0.05, 0) is 31.9 Å². The van der Waals surface area contributed by atoms with Gasteiger partial charge in [-0.15, -0.1) is 10.2 Å². The number of hydrogen-bond acceptors (Lipinski definition) is 7. The van der Waals surface area contributed by atoms with E-state index in [-0.39, 0.29) is 15.4 Å². The highest BCUT2D eigenvalue weighted by atomic mass is 32.2. The van der Waals surface area contributed by atoms with Crippen LogP contribution in [-0.4, -0.2) is 53.1 Å². The van der Waals surface area contributed by atoms with Gasteiger partial charge in [-0.1, -0.05) is 41.9 Å². The van der Waals surface area contributed by atoms with Crippen LogP contribution in [0, 0.1) is 6.92 Å². The van der Waals surface area contributed by atoms with Crippen molar-refractivity contribution in [3.63, 3.8) is 0 Å². The van der Waals surface area contributed by atoms with Crippen LogP contribution < -0.4 is 5.32 Å². The first-order valence-corrected chi connectivity index (χ1v) is 10.9. The van der Waals surface area contributed by atoms with Crippen molar-refractivity contribution in [1.29, 1.82) is 0 Å². The van der Waals surface area contributed by atoms with Crippen LogP contribution in [0.1, 0.15) is 41.6 Å². The minimum absolute atomic E-state index is 0.109. The van der Waals surface area contributed by atoms with E-state index in [9.17, 15) is 18.3 Å². The number of benzene rings is 1. The Labute approximate surface area is 162 Å². The SMILES string of the molecule is Cc1cccc(C(=O)Nc2nnc(S(=O)(=O)N(C)[C@@H]3CCCC[C@H]3O)s2)c1. The maximum absolute atomic E-state index is 12.8. The van der Waals surface area contributed by atoms with E-state index in [2.05, 4.69) is 15.5 Å². The van der Waals surface area contributed by atoms with E-state index in [1.807, 2.05) is 13.0 Å². The van der Waals surface area contributed by atoms with Crippen LogP contribution in [0.25, 0.3) is 0 Å². The van der Waals surface area contributed by atoms with E-state index in [1.54, 1.807) is 18.2 Å².